The van der Waals surface area contributed by atoms with Crippen LogP contribution >= 0.6 is 0 Å². The predicted molar refractivity (Wildman–Crippen MR) is 520 cm³/mol. The topological polar surface area (TPSA) is 749 Å². The third-order valence-electron chi connectivity index (χ3n) is 23.5. The molecule has 141 heavy (non-hydrogen) atoms. The van der Waals surface area contributed by atoms with Gasteiger partial charge in [-0.05, 0) is 158 Å². The molecule has 0 aromatic rings. The summed E-state index contributed by atoms with van der Waals surface area (Å²) in [5.74, 6) is -24.1. The van der Waals surface area contributed by atoms with Gasteiger partial charge < -0.3 is 143 Å². The number of rotatable bonds is 67. The van der Waals surface area contributed by atoms with Gasteiger partial charge in [0, 0.05) is 19.6 Å². The van der Waals surface area contributed by atoms with Gasteiger partial charge in [0.05, 0.1) is 31.8 Å². The van der Waals surface area contributed by atoms with Crippen molar-refractivity contribution in [2.75, 3.05) is 39.5 Å². The second kappa shape index (κ2) is 65.6. The summed E-state index contributed by atoms with van der Waals surface area (Å²) in [5, 5.41) is 105. The van der Waals surface area contributed by atoms with Gasteiger partial charge in [0.25, 0.3) is 11.8 Å². The number of unbranched alkanes of at least 4 members (excludes halogenated alkanes) is 3. The lowest BCUT2D eigenvalue weighted by Crippen LogP contribution is -2.62. The van der Waals surface area contributed by atoms with E-state index in [0.717, 1.165) is 25.8 Å². The number of hydrogen-bond donors (Lipinski definition) is 26. The molecule has 0 aromatic heterocycles. The van der Waals surface area contributed by atoms with Crippen molar-refractivity contribution < 1.29 is 127 Å². The summed E-state index contributed by atoms with van der Waals surface area (Å²) in [5.41, 5.74) is 16.2. The number of allylic oxidation sites excluding steroid dienone is 2. The number of primary amides is 1. The number of hydrogen-bond acceptors (Lipinski definition) is 27. The van der Waals surface area contributed by atoms with Crippen molar-refractivity contribution in [2.24, 2.45) is 64.5 Å². The molecule has 1 rings (SSSR count). The zero-order valence-corrected chi connectivity index (χ0v) is 85.7. The predicted octanol–water partition coefficient (Wildman–Crippen LogP) is -4.00. The number of nitrogens with zero attached hydrogens (tertiary/aromatic N) is 1. The first-order valence-electron chi connectivity index (χ1n) is 49.0. The Bertz CT molecular complexity index is 4200. The molecule has 1 heterocycles. The number of carboxylic acid groups (broad SMARTS) is 1. The fourth-order valence-corrected chi connectivity index (χ4v) is 15.1. The van der Waals surface area contributed by atoms with Crippen molar-refractivity contribution in [3.63, 3.8) is 0 Å². The molecule has 1 unspecified atom stereocenters. The highest BCUT2D eigenvalue weighted by Gasteiger charge is 2.44. The summed E-state index contributed by atoms with van der Waals surface area (Å²) in [6, 6.07) is -24.2. The van der Waals surface area contributed by atoms with E-state index >= 15 is 0 Å². The Balaban J connectivity index is 3.48. The van der Waals surface area contributed by atoms with Crippen molar-refractivity contribution in [3.05, 3.63) is 23.5 Å². The lowest BCUT2D eigenvalue weighted by atomic mass is 9.97. The molecule has 47 heteroatoms. The van der Waals surface area contributed by atoms with Gasteiger partial charge >= 0.3 is 5.97 Å². The highest BCUT2D eigenvalue weighted by molar-refractivity contribution is 6.05. The minimum Gasteiger partial charge on any atom is -0.480 e. The molecule has 0 radical (unpaired) electrons. The first kappa shape index (κ1) is 128. The Kier molecular flexibility index (Phi) is 59.4. The second-order valence-electron chi connectivity index (χ2n) is 38.5. The van der Waals surface area contributed by atoms with E-state index in [2.05, 4.69) is 90.4 Å². The second-order valence-corrected chi connectivity index (χ2v) is 38.5. The quantitative estimate of drug-likeness (QED) is 0.0204. The average molecular weight is 2010 g/mol. The number of amides is 19. The Morgan fingerprint density at radius 3 is 1.15 bits per heavy atom. The summed E-state index contributed by atoms with van der Waals surface area (Å²) >= 11 is 0. The number of likely N-dealkylation sites (tertiary alicyclic amines) is 1. The van der Waals surface area contributed by atoms with Crippen LogP contribution in [0.3, 0.4) is 0 Å². The van der Waals surface area contributed by atoms with E-state index in [4.69, 9.17) is 17.2 Å². The number of carbonyl (C=O) groups is 20. The summed E-state index contributed by atoms with van der Waals surface area (Å²) in [4.78, 5) is 279. The van der Waals surface area contributed by atoms with E-state index in [-0.39, 0.29) is 94.5 Å². The van der Waals surface area contributed by atoms with Gasteiger partial charge in [0.15, 0.2) is 0 Å². The lowest BCUT2D eigenvalue weighted by molar-refractivity contribution is -0.142. The molecular formula is C94H165N21O26. The van der Waals surface area contributed by atoms with Gasteiger partial charge in [-0.25, -0.2) is 4.79 Å². The van der Waals surface area contributed by atoms with Crippen LogP contribution < -0.4 is 108 Å². The van der Waals surface area contributed by atoms with E-state index < -0.39 is 301 Å². The molecule has 1 aliphatic heterocycles. The smallest absolute Gasteiger partial charge is 0.326 e. The zero-order valence-electron chi connectivity index (χ0n) is 85.7. The molecule has 0 bridgehead atoms. The van der Waals surface area contributed by atoms with Crippen LogP contribution in [0.1, 0.15) is 254 Å². The normalized spacial score (nSPS) is 16.7. The number of aliphatic hydroxyl groups excluding tert-OH is 5. The molecule has 0 saturated carbocycles. The molecule has 29 N–H and O–H groups in total. The number of nitrogens with one attached hydrogen (secondary N) is 17. The third kappa shape index (κ3) is 45.2. The van der Waals surface area contributed by atoms with Gasteiger partial charge in [-0.15, -0.1) is 0 Å². The zero-order chi connectivity index (χ0) is 108. The van der Waals surface area contributed by atoms with E-state index in [9.17, 15) is 127 Å². The summed E-state index contributed by atoms with van der Waals surface area (Å²) in [6.07, 6.45) is 2.27. The monoisotopic (exact) mass is 2000 g/mol. The highest BCUT2D eigenvalue weighted by atomic mass is 16.4. The molecule has 19 amide bonds. The standard InChI is InChI=1S/C94H165N21O26/c1-21-25-26-30-56(120)44-70(122)98-58(24-4)93(139)115-39-29-32-68(115)86(132)107-66(45-117)84(130)105-64(42-48(7)8)82(128)110-72(51(13)14)89(135)108-67(46-118)85(131)106-65(43-49(9)10)83(129)111-74(53(17)18)90(136)112-73(52(15)16)88(134)101-59(33-34-69(97)121)78(124)104-63(41-47(5)6)81(127)109-71(50(11)12)87(133)99-57(23-3)77(123)114-76(55(20)119)92(138)113-75(54(19)22-2)91(137)102-61(36-40-116)80(126)100-60(35-38-96)79(125)103-62(94(140)141)31-27-28-37-95/h23-24,47-56,59-68,71-76,116-120H,21-22,25-46,95-96H2,1-20H3,(H2,97,121)(H,98,122)(H,99,133)(H,100,126)(H,101,134)(H,102,137)(H,103,125)(H,104,124)(H,105,130)(H,106,131)(H,107,132)(H,108,135)(H,109,127)(H,110,128)(H,111,129)(H,112,136)(H,113,138)(H,114,123)(H,140,141)/b57-23-,58-24-/t54-,55+,56?,59+,60+,61-,62-,63-,64-,65+,66-,67+,68+,71+,72+,73-,74+,75-,76+/m0/s1. The van der Waals surface area contributed by atoms with Gasteiger partial charge in [0.1, 0.15) is 108 Å². The maximum Gasteiger partial charge on any atom is 0.326 e. The first-order valence-corrected chi connectivity index (χ1v) is 49.0. The number of aliphatic carboxylic acids is 1. The van der Waals surface area contributed by atoms with Crippen LogP contribution in [0.2, 0.25) is 0 Å². The maximum atomic E-state index is 14.6. The van der Waals surface area contributed by atoms with Crippen molar-refractivity contribution in [2.45, 2.75) is 363 Å². The van der Waals surface area contributed by atoms with Crippen LogP contribution in [0.25, 0.3) is 0 Å². The van der Waals surface area contributed by atoms with Crippen LogP contribution in [-0.4, -0.2) is 302 Å². The summed E-state index contributed by atoms with van der Waals surface area (Å²) in [6.45, 7) is 29.4. The van der Waals surface area contributed by atoms with Crippen molar-refractivity contribution in [1.82, 2.24) is 95.3 Å². The highest BCUT2D eigenvalue weighted by Crippen LogP contribution is 2.23. The Morgan fingerprint density at radius 2 is 0.752 bits per heavy atom. The van der Waals surface area contributed by atoms with Crippen molar-refractivity contribution in [1.29, 1.82) is 0 Å². The fraction of sp³-hybridized carbons (Fsp3) is 0.745. The SMILES string of the molecule is C/C=C(\NC(=O)[C@H](NC(=O)[C@H](CC(C)C)NC(=O)[C@@H](CCC(N)=O)NC(=O)[C@@H](NC(=O)[C@H](NC(=O)[C@@H](CC(C)C)NC(=O)[C@@H](CO)NC(=O)[C@H](NC(=O)[C@H](CC(C)C)NC(=O)[C@H](CO)NC(=O)[C@H]1CCCN1C(=O)/C(=C/C)NC(=O)CC(O)CCCCC)C(C)C)C(C)C)C(C)C)C(C)C)C(=O)N[C@@H](C(=O)N[C@H](C(=O)N[C@@H](CCO)C(=O)N[C@H](CCN)C(=O)N[C@@H](CCCCN)C(=O)O)[C@@H](C)CC)[C@@H](C)O. The van der Waals surface area contributed by atoms with E-state index in [1.807, 2.05) is 6.92 Å². The van der Waals surface area contributed by atoms with Crippen LogP contribution in [0.15, 0.2) is 23.5 Å². The minimum atomic E-state index is -1.85. The Morgan fingerprint density at radius 1 is 0.383 bits per heavy atom. The van der Waals surface area contributed by atoms with Crippen LogP contribution in [0.5, 0.6) is 0 Å². The molecule has 19 atom stereocenters. The molecule has 1 saturated heterocycles. The molecule has 802 valence electrons. The van der Waals surface area contributed by atoms with Crippen molar-refractivity contribution >= 4 is 118 Å². The third-order valence-corrected chi connectivity index (χ3v) is 23.5. The van der Waals surface area contributed by atoms with Gasteiger partial charge in [0.2, 0.25) is 100 Å². The van der Waals surface area contributed by atoms with Gasteiger partial charge in [-0.1, -0.05) is 156 Å². The van der Waals surface area contributed by atoms with Crippen LogP contribution in [-0.2, 0) is 95.9 Å². The van der Waals surface area contributed by atoms with Crippen molar-refractivity contribution in [3.8, 4) is 0 Å². The number of carboxylic acids is 1. The number of aliphatic hydroxyl groups is 5. The molecule has 1 aliphatic rings. The van der Waals surface area contributed by atoms with E-state index in [1.54, 1.807) is 96.9 Å². The largest absolute Gasteiger partial charge is 0.480 e. The van der Waals surface area contributed by atoms with E-state index in [1.165, 1.54) is 38.7 Å². The van der Waals surface area contributed by atoms with Crippen LogP contribution in [0.4, 0.5) is 0 Å². The Hall–Kier alpha value is -11.4. The summed E-state index contributed by atoms with van der Waals surface area (Å²) in [7, 11) is 0. The maximum absolute atomic E-state index is 14.6. The lowest BCUT2D eigenvalue weighted by Gasteiger charge is -2.31. The molecular weight excluding hydrogens is 1840 g/mol. The molecule has 0 aromatic carbocycles. The minimum absolute atomic E-state index is 0.0258. The first-order chi connectivity index (χ1) is 66.1. The summed E-state index contributed by atoms with van der Waals surface area (Å²) < 4.78 is 0. The molecule has 47 nitrogen and oxygen atoms in total. The van der Waals surface area contributed by atoms with E-state index in [0.29, 0.717) is 32.1 Å². The average Bonchev–Trinajstić information content (AvgIpc) is 1.69. The van der Waals surface area contributed by atoms with Gasteiger partial charge in [-0.3, -0.25) is 91.1 Å². The van der Waals surface area contributed by atoms with Crippen LogP contribution in [0, 0.1) is 47.3 Å². The van der Waals surface area contributed by atoms with Gasteiger partial charge in [-0.2, -0.15) is 0 Å². The molecule has 0 aliphatic carbocycles. The fourth-order valence-electron chi connectivity index (χ4n) is 15.1. The molecule has 1 fully saturated rings. The number of carbonyl (C=O) groups excluding carboxylic acids is 19. The Labute approximate surface area is 826 Å². The molecule has 0 spiro atoms. The number of nitrogens with two attached hydrogens (primary N) is 3.